The number of benzene rings is 1. The molecule has 1 unspecified atom stereocenters. The molecule has 0 amide bonds. The van der Waals surface area contributed by atoms with Crippen LogP contribution in [-0.4, -0.2) is 16.1 Å². The molecule has 20 heavy (non-hydrogen) atoms. The lowest BCUT2D eigenvalue weighted by Crippen LogP contribution is -2.14. The third-order valence-corrected chi connectivity index (χ3v) is 4.76. The Labute approximate surface area is 120 Å². The van der Waals surface area contributed by atoms with E-state index in [2.05, 4.69) is 40.0 Å². The lowest BCUT2D eigenvalue weighted by atomic mass is 9.98. The second-order valence-corrected chi connectivity index (χ2v) is 6.13. The number of aromatic nitrogens is 2. The number of nitrogens with one attached hydrogen (secondary N) is 1. The molecule has 104 valence electrons. The molecule has 1 atom stereocenters. The van der Waals surface area contributed by atoms with Gasteiger partial charge in [-0.05, 0) is 44.1 Å². The Morgan fingerprint density at radius 1 is 1.35 bits per heavy atom. The molecule has 1 aliphatic carbocycles. The Balaban J connectivity index is 1.80. The van der Waals surface area contributed by atoms with Crippen LogP contribution in [0.5, 0.6) is 0 Å². The number of aryl methyl sites for hydroxylation is 1. The second kappa shape index (κ2) is 4.65. The number of nitrogens with zero attached hydrogens (tertiary/aromatic N) is 2. The number of imidazole rings is 1. The van der Waals surface area contributed by atoms with E-state index in [1.165, 1.54) is 48.2 Å². The van der Waals surface area contributed by atoms with E-state index >= 15 is 0 Å². The van der Waals surface area contributed by atoms with E-state index in [1.54, 1.807) is 0 Å². The quantitative estimate of drug-likeness (QED) is 0.914. The molecule has 0 radical (unpaired) electrons. The van der Waals surface area contributed by atoms with Crippen molar-refractivity contribution in [3.63, 3.8) is 0 Å². The fraction of sp³-hybridized carbons (Fsp3) is 0.471. The van der Waals surface area contributed by atoms with E-state index in [4.69, 9.17) is 0 Å². The molecule has 1 fully saturated rings. The Hall–Kier alpha value is -1.77. The second-order valence-electron chi connectivity index (χ2n) is 6.13. The standard InChI is InChI=1S/C17H21N3/c1-12(13-7-8-13)20-11-18-10-16(20)15-6-2-4-14-5-3-9-19-17(14)15/h2,4,6,10-13,19H,3,5,7-9H2,1H3. The van der Waals surface area contributed by atoms with Crippen molar-refractivity contribution in [1.82, 2.24) is 9.55 Å². The topological polar surface area (TPSA) is 29.9 Å². The van der Waals surface area contributed by atoms with Crippen LogP contribution < -0.4 is 5.32 Å². The highest BCUT2D eigenvalue weighted by Crippen LogP contribution is 2.42. The molecule has 0 bridgehead atoms. The molecule has 1 saturated carbocycles. The fourth-order valence-electron chi connectivity index (χ4n) is 3.37. The lowest BCUT2D eigenvalue weighted by Gasteiger charge is -2.23. The highest BCUT2D eigenvalue weighted by molar-refractivity contribution is 5.79. The minimum Gasteiger partial charge on any atom is -0.384 e. The first-order valence-electron chi connectivity index (χ1n) is 7.72. The van der Waals surface area contributed by atoms with Crippen molar-refractivity contribution in [2.24, 2.45) is 5.92 Å². The van der Waals surface area contributed by atoms with Crippen molar-refractivity contribution in [3.8, 4) is 11.3 Å². The average molecular weight is 267 g/mol. The maximum absolute atomic E-state index is 4.41. The van der Waals surface area contributed by atoms with Gasteiger partial charge in [-0.1, -0.05) is 18.2 Å². The number of rotatable bonds is 3. The maximum atomic E-state index is 4.41. The number of hydrogen-bond donors (Lipinski definition) is 1. The van der Waals surface area contributed by atoms with Gasteiger partial charge in [0.1, 0.15) is 0 Å². The molecule has 4 rings (SSSR count). The van der Waals surface area contributed by atoms with Crippen LogP contribution in [0.15, 0.2) is 30.7 Å². The van der Waals surface area contributed by atoms with E-state index in [0.29, 0.717) is 6.04 Å². The predicted octanol–water partition coefficient (Wildman–Crippen LogP) is 3.88. The summed E-state index contributed by atoms with van der Waals surface area (Å²) in [6.07, 6.45) is 9.16. The van der Waals surface area contributed by atoms with Gasteiger partial charge in [0.2, 0.25) is 0 Å². The van der Waals surface area contributed by atoms with Crippen LogP contribution in [0.4, 0.5) is 5.69 Å². The molecule has 1 aliphatic heterocycles. The van der Waals surface area contributed by atoms with Crippen LogP contribution in [0.25, 0.3) is 11.3 Å². The molecule has 1 N–H and O–H groups in total. The number of para-hydroxylation sites is 1. The van der Waals surface area contributed by atoms with E-state index in [-0.39, 0.29) is 0 Å². The first kappa shape index (κ1) is 12.0. The molecular formula is C17H21N3. The number of fused-ring (bicyclic) bond motifs is 1. The molecular weight excluding hydrogens is 246 g/mol. The van der Waals surface area contributed by atoms with E-state index < -0.39 is 0 Å². The number of hydrogen-bond acceptors (Lipinski definition) is 2. The maximum Gasteiger partial charge on any atom is 0.0953 e. The zero-order valence-corrected chi connectivity index (χ0v) is 12.0. The highest BCUT2D eigenvalue weighted by Gasteiger charge is 2.30. The van der Waals surface area contributed by atoms with Gasteiger partial charge in [-0.2, -0.15) is 0 Å². The van der Waals surface area contributed by atoms with Gasteiger partial charge in [-0.15, -0.1) is 0 Å². The van der Waals surface area contributed by atoms with Gasteiger partial charge in [0.15, 0.2) is 0 Å². The monoisotopic (exact) mass is 267 g/mol. The Morgan fingerprint density at radius 3 is 3.10 bits per heavy atom. The minimum atomic E-state index is 0.562. The number of anilines is 1. The van der Waals surface area contributed by atoms with E-state index in [9.17, 15) is 0 Å². The summed E-state index contributed by atoms with van der Waals surface area (Å²) in [4.78, 5) is 4.41. The van der Waals surface area contributed by atoms with Crippen molar-refractivity contribution < 1.29 is 0 Å². The molecule has 3 nitrogen and oxygen atoms in total. The smallest absolute Gasteiger partial charge is 0.0953 e. The zero-order chi connectivity index (χ0) is 13.5. The fourth-order valence-corrected chi connectivity index (χ4v) is 3.37. The SMILES string of the molecule is CC(C1CC1)n1cncc1-c1cccc2c1NCCC2. The van der Waals surface area contributed by atoms with Crippen molar-refractivity contribution in [2.45, 2.75) is 38.6 Å². The first-order valence-corrected chi connectivity index (χ1v) is 7.72. The molecule has 2 aliphatic rings. The summed E-state index contributed by atoms with van der Waals surface area (Å²) < 4.78 is 2.36. The highest BCUT2D eigenvalue weighted by atomic mass is 15.1. The molecule has 0 spiro atoms. The van der Waals surface area contributed by atoms with Crippen LogP contribution in [-0.2, 0) is 6.42 Å². The first-order chi connectivity index (χ1) is 9.84. The van der Waals surface area contributed by atoms with Gasteiger partial charge in [0.05, 0.1) is 18.2 Å². The van der Waals surface area contributed by atoms with E-state index in [0.717, 1.165) is 12.5 Å². The molecule has 2 aromatic rings. The van der Waals surface area contributed by atoms with Gasteiger partial charge in [-0.25, -0.2) is 4.98 Å². The minimum absolute atomic E-state index is 0.562. The van der Waals surface area contributed by atoms with Crippen LogP contribution in [0, 0.1) is 5.92 Å². The van der Waals surface area contributed by atoms with Gasteiger partial charge in [0.25, 0.3) is 0 Å². The van der Waals surface area contributed by atoms with Gasteiger partial charge >= 0.3 is 0 Å². The Kier molecular flexibility index (Phi) is 2.79. The van der Waals surface area contributed by atoms with Crippen LogP contribution in [0.1, 0.15) is 37.8 Å². The summed E-state index contributed by atoms with van der Waals surface area (Å²) in [6, 6.07) is 7.22. The summed E-state index contributed by atoms with van der Waals surface area (Å²) in [5, 5.41) is 3.59. The molecule has 0 saturated heterocycles. The lowest BCUT2D eigenvalue weighted by molar-refractivity contribution is 0.489. The third-order valence-electron chi connectivity index (χ3n) is 4.76. The Morgan fingerprint density at radius 2 is 2.25 bits per heavy atom. The normalized spacial score (nSPS) is 19.2. The van der Waals surface area contributed by atoms with Gasteiger partial charge in [0, 0.05) is 23.8 Å². The summed E-state index contributed by atoms with van der Waals surface area (Å²) in [5.41, 5.74) is 5.34. The average Bonchev–Trinajstić information content (AvgIpc) is 3.23. The zero-order valence-electron chi connectivity index (χ0n) is 12.0. The van der Waals surface area contributed by atoms with Gasteiger partial charge in [-0.3, -0.25) is 0 Å². The third kappa shape index (κ3) is 1.92. The summed E-state index contributed by atoms with van der Waals surface area (Å²) in [6.45, 7) is 3.40. The van der Waals surface area contributed by atoms with Crippen molar-refractivity contribution >= 4 is 5.69 Å². The van der Waals surface area contributed by atoms with Crippen LogP contribution in [0.3, 0.4) is 0 Å². The predicted molar refractivity (Wildman–Crippen MR) is 81.9 cm³/mol. The molecule has 2 heterocycles. The van der Waals surface area contributed by atoms with E-state index in [1.807, 2.05) is 12.5 Å². The van der Waals surface area contributed by atoms with Crippen molar-refractivity contribution in [1.29, 1.82) is 0 Å². The summed E-state index contributed by atoms with van der Waals surface area (Å²) in [5.74, 6) is 0.843. The van der Waals surface area contributed by atoms with Crippen molar-refractivity contribution in [2.75, 3.05) is 11.9 Å². The van der Waals surface area contributed by atoms with Gasteiger partial charge < -0.3 is 9.88 Å². The Bertz CT molecular complexity index is 625. The summed E-state index contributed by atoms with van der Waals surface area (Å²) in [7, 11) is 0. The van der Waals surface area contributed by atoms with Crippen LogP contribution in [0.2, 0.25) is 0 Å². The van der Waals surface area contributed by atoms with Crippen LogP contribution >= 0.6 is 0 Å². The molecule has 3 heteroatoms. The largest absolute Gasteiger partial charge is 0.384 e. The molecule has 1 aromatic heterocycles. The summed E-state index contributed by atoms with van der Waals surface area (Å²) >= 11 is 0. The molecule has 1 aromatic carbocycles. The van der Waals surface area contributed by atoms with Crippen molar-refractivity contribution in [3.05, 3.63) is 36.3 Å².